The Morgan fingerprint density at radius 2 is 1.87 bits per heavy atom. The van der Waals surface area contributed by atoms with Gasteiger partial charge >= 0.3 is 0 Å². The highest BCUT2D eigenvalue weighted by Gasteiger charge is 2.08. The van der Waals surface area contributed by atoms with Crippen molar-refractivity contribution in [1.82, 2.24) is 4.98 Å². The summed E-state index contributed by atoms with van der Waals surface area (Å²) in [7, 11) is 0. The van der Waals surface area contributed by atoms with Crippen LogP contribution in [0.15, 0.2) is 41.0 Å². The first-order valence-corrected chi connectivity index (χ1v) is 5.79. The Bertz CT molecular complexity index is 500. The van der Waals surface area contributed by atoms with E-state index < -0.39 is 0 Å². The summed E-state index contributed by atoms with van der Waals surface area (Å²) in [4.78, 5) is 4.22. The van der Waals surface area contributed by atoms with Gasteiger partial charge in [0.05, 0.1) is 15.7 Å². The van der Waals surface area contributed by atoms with E-state index in [1.54, 1.807) is 12.3 Å². The summed E-state index contributed by atoms with van der Waals surface area (Å²) >= 11 is 15.3. The Morgan fingerprint density at radius 3 is 2.53 bits per heavy atom. The van der Waals surface area contributed by atoms with Crippen LogP contribution in [0.25, 0.3) is 11.3 Å². The predicted molar refractivity (Wildman–Crippen MR) is 67.4 cm³/mol. The average molecular weight is 303 g/mol. The number of nitrogens with zero attached hydrogens (tertiary/aromatic N) is 1. The van der Waals surface area contributed by atoms with Gasteiger partial charge in [-0.25, -0.2) is 0 Å². The second kappa shape index (κ2) is 4.52. The smallest absolute Gasteiger partial charge is 0.0900 e. The zero-order valence-corrected chi connectivity index (χ0v) is 10.6. The number of benzene rings is 1. The molecule has 1 heterocycles. The molecule has 0 saturated heterocycles. The highest BCUT2D eigenvalue weighted by atomic mass is 79.9. The zero-order chi connectivity index (χ0) is 10.8. The van der Waals surface area contributed by atoms with Gasteiger partial charge in [-0.1, -0.05) is 57.3 Å². The first kappa shape index (κ1) is 10.9. The van der Waals surface area contributed by atoms with Crippen LogP contribution in [-0.4, -0.2) is 4.98 Å². The van der Waals surface area contributed by atoms with Crippen LogP contribution in [0.1, 0.15) is 0 Å². The fourth-order valence-electron chi connectivity index (χ4n) is 1.27. The van der Waals surface area contributed by atoms with E-state index in [0.29, 0.717) is 10.0 Å². The molecule has 4 heteroatoms. The van der Waals surface area contributed by atoms with E-state index in [4.69, 9.17) is 23.2 Å². The van der Waals surface area contributed by atoms with Gasteiger partial charge in [-0.15, -0.1) is 0 Å². The van der Waals surface area contributed by atoms with Crippen LogP contribution >= 0.6 is 39.1 Å². The number of halogens is 3. The molecule has 0 aliphatic carbocycles. The molecule has 0 N–H and O–H groups in total. The van der Waals surface area contributed by atoms with Gasteiger partial charge in [-0.3, -0.25) is 4.98 Å². The molecule has 0 fully saturated rings. The van der Waals surface area contributed by atoms with Crippen molar-refractivity contribution in [1.29, 1.82) is 0 Å². The molecular weight excluding hydrogens is 297 g/mol. The lowest BCUT2D eigenvalue weighted by atomic mass is 10.1. The number of hydrogen-bond acceptors (Lipinski definition) is 1. The van der Waals surface area contributed by atoms with E-state index in [1.165, 1.54) is 0 Å². The van der Waals surface area contributed by atoms with Gasteiger partial charge in [0, 0.05) is 16.2 Å². The van der Waals surface area contributed by atoms with Crippen molar-refractivity contribution in [3.63, 3.8) is 0 Å². The van der Waals surface area contributed by atoms with Gasteiger partial charge in [0.1, 0.15) is 0 Å². The quantitative estimate of drug-likeness (QED) is 0.736. The summed E-state index contributed by atoms with van der Waals surface area (Å²) in [6.07, 6.45) is 1.59. The maximum Gasteiger partial charge on any atom is 0.0900 e. The van der Waals surface area contributed by atoms with Crippen LogP contribution in [0.2, 0.25) is 10.0 Å². The summed E-state index contributed by atoms with van der Waals surface area (Å²) < 4.78 is 0.960. The standard InChI is InChI=1S/C11H6BrCl2N/c12-9-4-2-1-3-8(9)11-10(14)5-7(13)6-15-11/h1-6H. The molecule has 2 aromatic rings. The summed E-state index contributed by atoms with van der Waals surface area (Å²) in [6.45, 7) is 0. The minimum Gasteiger partial charge on any atom is -0.253 e. The lowest BCUT2D eigenvalue weighted by Crippen LogP contribution is -1.85. The van der Waals surface area contributed by atoms with E-state index in [9.17, 15) is 0 Å². The Kier molecular flexibility index (Phi) is 3.29. The fourth-order valence-corrected chi connectivity index (χ4v) is 2.22. The number of aromatic nitrogens is 1. The molecule has 0 aliphatic rings. The summed E-state index contributed by atoms with van der Waals surface area (Å²) in [5, 5.41) is 1.09. The molecule has 0 unspecified atom stereocenters. The van der Waals surface area contributed by atoms with E-state index in [0.717, 1.165) is 15.7 Å². The average Bonchev–Trinajstić information content (AvgIpc) is 2.20. The third kappa shape index (κ3) is 2.33. The topological polar surface area (TPSA) is 12.9 Å². The van der Waals surface area contributed by atoms with Gasteiger partial charge in [0.25, 0.3) is 0 Å². The van der Waals surface area contributed by atoms with Gasteiger partial charge in [-0.2, -0.15) is 0 Å². The lowest BCUT2D eigenvalue weighted by molar-refractivity contribution is 1.32. The van der Waals surface area contributed by atoms with Crippen molar-refractivity contribution in [2.24, 2.45) is 0 Å². The minimum absolute atomic E-state index is 0.538. The lowest BCUT2D eigenvalue weighted by Gasteiger charge is -2.05. The third-order valence-corrected chi connectivity index (χ3v) is 3.12. The molecule has 0 radical (unpaired) electrons. The molecule has 2 rings (SSSR count). The second-order valence-electron chi connectivity index (χ2n) is 2.96. The third-order valence-electron chi connectivity index (χ3n) is 1.94. The molecule has 0 saturated carbocycles. The van der Waals surface area contributed by atoms with Crippen LogP contribution in [0, 0.1) is 0 Å². The van der Waals surface area contributed by atoms with Gasteiger partial charge in [-0.05, 0) is 12.1 Å². The maximum absolute atomic E-state index is 6.07. The van der Waals surface area contributed by atoms with Crippen molar-refractivity contribution < 1.29 is 0 Å². The van der Waals surface area contributed by atoms with Crippen molar-refractivity contribution in [2.45, 2.75) is 0 Å². The molecule has 1 aromatic heterocycles. The highest BCUT2D eigenvalue weighted by molar-refractivity contribution is 9.10. The van der Waals surface area contributed by atoms with Crippen LogP contribution in [0.4, 0.5) is 0 Å². The summed E-state index contributed by atoms with van der Waals surface area (Å²) in [6, 6.07) is 9.46. The van der Waals surface area contributed by atoms with Crippen molar-refractivity contribution >= 4 is 39.1 Å². The SMILES string of the molecule is Clc1cnc(-c2ccccc2Br)c(Cl)c1. The summed E-state index contributed by atoms with van der Waals surface area (Å²) in [5.74, 6) is 0. The first-order chi connectivity index (χ1) is 7.18. The fraction of sp³-hybridized carbons (Fsp3) is 0. The molecular formula is C11H6BrCl2N. The molecule has 0 amide bonds. The molecule has 1 aromatic carbocycles. The number of pyridine rings is 1. The minimum atomic E-state index is 0.538. The molecule has 76 valence electrons. The van der Waals surface area contributed by atoms with E-state index in [-0.39, 0.29) is 0 Å². The van der Waals surface area contributed by atoms with Crippen LogP contribution in [-0.2, 0) is 0 Å². The van der Waals surface area contributed by atoms with Crippen molar-refractivity contribution in [2.75, 3.05) is 0 Å². The largest absolute Gasteiger partial charge is 0.253 e. The summed E-state index contributed by atoms with van der Waals surface area (Å²) in [5.41, 5.74) is 1.69. The molecule has 0 spiro atoms. The Morgan fingerprint density at radius 1 is 1.13 bits per heavy atom. The van der Waals surface area contributed by atoms with E-state index >= 15 is 0 Å². The van der Waals surface area contributed by atoms with Gasteiger partial charge in [0.2, 0.25) is 0 Å². The molecule has 0 aliphatic heterocycles. The van der Waals surface area contributed by atoms with E-state index in [1.807, 2.05) is 24.3 Å². The maximum atomic E-state index is 6.07. The molecule has 1 nitrogen and oxygen atoms in total. The van der Waals surface area contributed by atoms with E-state index in [2.05, 4.69) is 20.9 Å². The number of hydrogen-bond donors (Lipinski definition) is 0. The zero-order valence-electron chi connectivity index (χ0n) is 7.55. The molecule has 15 heavy (non-hydrogen) atoms. The second-order valence-corrected chi connectivity index (χ2v) is 4.66. The Balaban J connectivity index is 2.60. The first-order valence-electron chi connectivity index (χ1n) is 4.24. The Labute approximate surface area is 106 Å². The van der Waals surface area contributed by atoms with Gasteiger partial charge < -0.3 is 0 Å². The normalized spacial score (nSPS) is 10.3. The Hall–Kier alpha value is -0.570. The van der Waals surface area contributed by atoms with Gasteiger partial charge in [0.15, 0.2) is 0 Å². The highest BCUT2D eigenvalue weighted by Crippen LogP contribution is 2.32. The monoisotopic (exact) mass is 301 g/mol. The molecule has 0 bridgehead atoms. The van der Waals surface area contributed by atoms with Crippen LogP contribution in [0.3, 0.4) is 0 Å². The number of rotatable bonds is 1. The van der Waals surface area contributed by atoms with Crippen molar-refractivity contribution in [3.05, 3.63) is 51.0 Å². The predicted octanol–water partition coefficient (Wildman–Crippen LogP) is 4.82. The van der Waals surface area contributed by atoms with Crippen LogP contribution in [0.5, 0.6) is 0 Å². The van der Waals surface area contributed by atoms with Crippen molar-refractivity contribution in [3.8, 4) is 11.3 Å². The van der Waals surface area contributed by atoms with Crippen LogP contribution < -0.4 is 0 Å². The molecule has 0 atom stereocenters.